The molecule has 2 aromatic rings. The molecule has 146 valence electrons. The molecule has 27 heavy (non-hydrogen) atoms. The standard InChI is InChI=1S/C19H20F3NO4/c1-3-25-15-8-10-17(11-9-15)27-16-6-4-14(5-7-16)23-18(24)13(2)26-12-19(20,21)22/h4-11,13H,3,12H2,1-2H3,(H,23,24)/t13-/m1/s1. The first-order valence-electron chi connectivity index (χ1n) is 8.27. The van der Waals surface area contributed by atoms with Crippen LogP contribution in [0.5, 0.6) is 17.2 Å². The van der Waals surface area contributed by atoms with Crippen LogP contribution in [0.4, 0.5) is 18.9 Å². The first-order valence-corrected chi connectivity index (χ1v) is 8.27. The fraction of sp³-hybridized carbons (Fsp3) is 0.316. The molecule has 5 nitrogen and oxygen atoms in total. The molecule has 0 saturated heterocycles. The quantitative estimate of drug-likeness (QED) is 0.713. The van der Waals surface area contributed by atoms with E-state index < -0.39 is 24.8 Å². The minimum Gasteiger partial charge on any atom is -0.494 e. The molecular formula is C19H20F3NO4. The number of rotatable bonds is 8. The van der Waals surface area contributed by atoms with E-state index in [4.69, 9.17) is 9.47 Å². The minimum absolute atomic E-state index is 0.418. The summed E-state index contributed by atoms with van der Waals surface area (Å²) < 4.78 is 51.9. The van der Waals surface area contributed by atoms with Crippen molar-refractivity contribution >= 4 is 11.6 Å². The van der Waals surface area contributed by atoms with Gasteiger partial charge in [0.1, 0.15) is 30.0 Å². The predicted octanol–water partition coefficient (Wildman–Crippen LogP) is 4.78. The molecule has 0 spiro atoms. The number of ether oxygens (including phenoxy) is 3. The molecule has 2 rings (SSSR count). The van der Waals surface area contributed by atoms with Gasteiger partial charge in [-0.3, -0.25) is 4.79 Å². The van der Waals surface area contributed by atoms with Crippen molar-refractivity contribution in [1.82, 2.24) is 0 Å². The van der Waals surface area contributed by atoms with Crippen molar-refractivity contribution in [3.8, 4) is 17.2 Å². The molecule has 8 heteroatoms. The van der Waals surface area contributed by atoms with Crippen LogP contribution < -0.4 is 14.8 Å². The molecule has 0 aliphatic rings. The van der Waals surface area contributed by atoms with Crippen LogP contribution in [0.15, 0.2) is 48.5 Å². The zero-order valence-corrected chi connectivity index (χ0v) is 14.9. The van der Waals surface area contributed by atoms with E-state index in [1.165, 1.54) is 6.92 Å². The highest BCUT2D eigenvalue weighted by molar-refractivity contribution is 5.93. The number of carbonyl (C=O) groups excluding carboxylic acids is 1. The molecule has 0 bridgehead atoms. The third-order valence-corrected chi connectivity index (χ3v) is 3.36. The van der Waals surface area contributed by atoms with Gasteiger partial charge in [0.05, 0.1) is 6.61 Å². The van der Waals surface area contributed by atoms with Crippen LogP contribution in [0.2, 0.25) is 0 Å². The summed E-state index contributed by atoms with van der Waals surface area (Å²) in [6.07, 6.45) is -5.71. The number of carbonyl (C=O) groups is 1. The van der Waals surface area contributed by atoms with Crippen LogP contribution in [0.25, 0.3) is 0 Å². The number of nitrogens with one attached hydrogen (secondary N) is 1. The van der Waals surface area contributed by atoms with Gasteiger partial charge in [-0.25, -0.2) is 0 Å². The van der Waals surface area contributed by atoms with Crippen LogP contribution in [-0.2, 0) is 9.53 Å². The Morgan fingerprint density at radius 3 is 2.04 bits per heavy atom. The average molecular weight is 383 g/mol. The molecule has 1 amide bonds. The highest BCUT2D eigenvalue weighted by atomic mass is 19.4. The lowest BCUT2D eigenvalue weighted by atomic mass is 10.2. The summed E-state index contributed by atoms with van der Waals surface area (Å²) in [5, 5.41) is 2.49. The fourth-order valence-corrected chi connectivity index (χ4v) is 2.05. The highest BCUT2D eigenvalue weighted by Gasteiger charge is 2.29. The van der Waals surface area contributed by atoms with E-state index in [0.717, 1.165) is 5.75 Å². The number of hydrogen-bond donors (Lipinski definition) is 1. The number of benzene rings is 2. The van der Waals surface area contributed by atoms with Gasteiger partial charge in [0.25, 0.3) is 5.91 Å². The second-order valence-electron chi connectivity index (χ2n) is 5.59. The van der Waals surface area contributed by atoms with Crippen LogP contribution in [0.3, 0.4) is 0 Å². The van der Waals surface area contributed by atoms with Gasteiger partial charge in [-0.15, -0.1) is 0 Å². The van der Waals surface area contributed by atoms with Gasteiger partial charge in [0.15, 0.2) is 0 Å². The summed E-state index contributed by atoms with van der Waals surface area (Å²) in [6.45, 7) is 2.25. The average Bonchev–Trinajstić information content (AvgIpc) is 2.62. The Hall–Kier alpha value is -2.74. The summed E-state index contributed by atoms with van der Waals surface area (Å²) in [5.74, 6) is 1.23. The summed E-state index contributed by atoms with van der Waals surface area (Å²) in [7, 11) is 0. The molecule has 0 radical (unpaired) electrons. The molecular weight excluding hydrogens is 363 g/mol. The van der Waals surface area contributed by atoms with Gasteiger partial charge in [0, 0.05) is 5.69 Å². The summed E-state index contributed by atoms with van der Waals surface area (Å²) >= 11 is 0. The molecule has 0 aromatic heterocycles. The Morgan fingerprint density at radius 1 is 1.00 bits per heavy atom. The van der Waals surface area contributed by atoms with E-state index in [-0.39, 0.29) is 0 Å². The van der Waals surface area contributed by atoms with Crippen LogP contribution in [-0.4, -0.2) is 31.4 Å². The van der Waals surface area contributed by atoms with Gasteiger partial charge in [0.2, 0.25) is 0 Å². The van der Waals surface area contributed by atoms with Gasteiger partial charge in [-0.2, -0.15) is 13.2 Å². The fourth-order valence-electron chi connectivity index (χ4n) is 2.05. The van der Waals surface area contributed by atoms with Crippen molar-refractivity contribution in [1.29, 1.82) is 0 Å². The van der Waals surface area contributed by atoms with E-state index in [1.54, 1.807) is 48.5 Å². The molecule has 0 fully saturated rings. The second-order valence-corrected chi connectivity index (χ2v) is 5.59. The SMILES string of the molecule is CCOc1ccc(Oc2ccc(NC(=O)[C@@H](C)OCC(F)(F)F)cc2)cc1. The number of amides is 1. The molecule has 0 heterocycles. The zero-order chi connectivity index (χ0) is 19.9. The smallest absolute Gasteiger partial charge is 0.411 e. The Bertz CT molecular complexity index is 730. The van der Waals surface area contributed by atoms with Gasteiger partial charge in [-0.05, 0) is 62.4 Å². The van der Waals surface area contributed by atoms with Crippen molar-refractivity contribution < 1.29 is 32.2 Å². The maximum Gasteiger partial charge on any atom is 0.411 e. The Morgan fingerprint density at radius 2 is 1.52 bits per heavy atom. The molecule has 1 atom stereocenters. The van der Waals surface area contributed by atoms with E-state index >= 15 is 0 Å². The highest BCUT2D eigenvalue weighted by Crippen LogP contribution is 2.25. The first kappa shape index (κ1) is 20.6. The largest absolute Gasteiger partial charge is 0.494 e. The summed E-state index contributed by atoms with van der Waals surface area (Å²) in [5.41, 5.74) is 0.418. The normalized spacial score (nSPS) is 12.3. The molecule has 2 aromatic carbocycles. The third kappa shape index (κ3) is 7.18. The molecule has 1 N–H and O–H groups in total. The molecule has 0 aliphatic carbocycles. The van der Waals surface area contributed by atoms with Gasteiger partial charge < -0.3 is 19.5 Å². The Balaban J connectivity index is 1.88. The van der Waals surface area contributed by atoms with Crippen LogP contribution >= 0.6 is 0 Å². The van der Waals surface area contributed by atoms with E-state index in [9.17, 15) is 18.0 Å². The summed E-state index contributed by atoms with van der Waals surface area (Å²) in [6, 6.07) is 13.5. The maximum absolute atomic E-state index is 12.1. The molecule has 0 unspecified atom stereocenters. The number of alkyl halides is 3. The maximum atomic E-state index is 12.1. The van der Waals surface area contributed by atoms with Crippen molar-refractivity contribution in [3.05, 3.63) is 48.5 Å². The van der Waals surface area contributed by atoms with Crippen molar-refractivity contribution in [2.75, 3.05) is 18.5 Å². The van der Waals surface area contributed by atoms with Gasteiger partial charge in [-0.1, -0.05) is 0 Å². The van der Waals surface area contributed by atoms with E-state index in [2.05, 4.69) is 10.1 Å². The Kier molecular flexibility index (Phi) is 7.06. The van der Waals surface area contributed by atoms with Crippen molar-refractivity contribution in [2.45, 2.75) is 26.1 Å². The lowest BCUT2D eigenvalue weighted by molar-refractivity contribution is -0.184. The lowest BCUT2D eigenvalue weighted by Gasteiger charge is -2.15. The van der Waals surface area contributed by atoms with E-state index in [1.807, 2.05) is 6.92 Å². The lowest BCUT2D eigenvalue weighted by Crippen LogP contribution is -2.31. The minimum atomic E-state index is -4.48. The predicted molar refractivity (Wildman–Crippen MR) is 94.2 cm³/mol. The third-order valence-electron chi connectivity index (χ3n) is 3.36. The van der Waals surface area contributed by atoms with Gasteiger partial charge >= 0.3 is 6.18 Å². The van der Waals surface area contributed by atoms with E-state index in [0.29, 0.717) is 23.8 Å². The number of anilines is 1. The molecule has 0 aliphatic heterocycles. The summed E-state index contributed by atoms with van der Waals surface area (Å²) in [4.78, 5) is 11.8. The zero-order valence-electron chi connectivity index (χ0n) is 14.9. The van der Waals surface area contributed by atoms with Crippen molar-refractivity contribution in [2.24, 2.45) is 0 Å². The second kappa shape index (κ2) is 9.27. The van der Waals surface area contributed by atoms with Crippen LogP contribution in [0, 0.1) is 0 Å². The van der Waals surface area contributed by atoms with Crippen molar-refractivity contribution in [3.63, 3.8) is 0 Å². The topological polar surface area (TPSA) is 56.8 Å². The molecule has 0 saturated carbocycles. The monoisotopic (exact) mass is 383 g/mol. The van der Waals surface area contributed by atoms with Crippen LogP contribution in [0.1, 0.15) is 13.8 Å². The Labute approximate surface area is 155 Å². The number of halogens is 3. The number of hydrogen-bond acceptors (Lipinski definition) is 4. The first-order chi connectivity index (χ1) is 12.8.